The molecule has 1 aromatic carbocycles. The van der Waals surface area contributed by atoms with Crippen molar-refractivity contribution in [2.24, 2.45) is 5.10 Å². The predicted molar refractivity (Wildman–Crippen MR) is 67.0 cm³/mol. The standard InChI is InChI=1S/C13H13F3N2O3/c1-8-7-12(21,13(14,15)16)18(17-8)11(20)10(19)9-5-3-2-4-6-9/h2-6,10,19,21H,7H2,1H3. The molecule has 0 saturated carbocycles. The summed E-state index contributed by atoms with van der Waals surface area (Å²) >= 11 is 0. The van der Waals surface area contributed by atoms with Gasteiger partial charge < -0.3 is 10.2 Å². The molecule has 5 nitrogen and oxygen atoms in total. The van der Waals surface area contributed by atoms with E-state index in [4.69, 9.17) is 0 Å². The van der Waals surface area contributed by atoms with Crippen molar-refractivity contribution in [3.05, 3.63) is 35.9 Å². The molecule has 0 saturated heterocycles. The molecule has 0 bridgehead atoms. The van der Waals surface area contributed by atoms with Gasteiger partial charge in [0.05, 0.1) is 0 Å². The van der Waals surface area contributed by atoms with Crippen LogP contribution in [0.25, 0.3) is 0 Å². The molecule has 2 atom stereocenters. The number of carbonyl (C=O) groups is 1. The number of hydrazone groups is 1. The Kier molecular flexibility index (Phi) is 3.77. The predicted octanol–water partition coefficient (Wildman–Crippen LogP) is 1.58. The lowest BCUT2D eigenvalue weighted by atomic mass is 10.0. The Morgan fingerprint density at radius 2 is 1.95 bits per heavy atom. The Morgan fingerprint density at radius 1 is 1.38 bits per heavy atom. The largest absolute Gasteiger partial charge is 0.438 e. The van der Waals surface area contributed by atoms with Gasteiger partial charge in [0, 0.05) is 12.1 Å². The molecule has 1 aliphatic rings. The molecule has 0 radical (unpaired) electrons. The van der Waals surface area contributed by atoms with E-state index >= 15 is 0 Å². The van der Waals surface area contributed by atoms with Crippen molar-refractivity contribution in [1.29, 1.82) is 0 Å². The van der Waals surface area contributed by atoms with E-state index in [-0.39, 0.29) is 16.3 Å². The zero-order chi connectivity index (χ0) is 15.8. The summed E-state index contributed by atoms with van der Waals surface area (Å²) in [5.41, 5.74) is -3.36. The highest BCUT2D eigenvalue weighted by Crippen LogP contribution is 2.41. The molecule has 0 aliphatic carbocycles. The molecule has 1 heterocycles. The minimum absolute atomic E-state index is 0.0524. The van der Waals surface area contributed by atoms with Crippen LogP contribution in [0, 0.1) is 0 Å². The van der Waals surface area contributed by atoms with Crippen molar-refractivity contribution in [2.75, 3.05) is 0 Å². The zero-order valence-electron chi connectivity index (χ0n) is 11.0. The van der Waals surface area contributed by atoms with Crippen molar-refractivity contribution in [1.82, 2.24) is 5.01 Å². The number of rotatable bonds is 2. The third-order valence-electron chi connectivity index (χ3n) is 3.14. The number of benzene rings is 1. The Morgan fingerprint density at radius 3 is 2.48 bits per heavy atom. The van der Waals surface area contributed by atoms with Crippen LogP contribution in [-0.4, -0.2) is 38.7 Å². The Bertz CT molecular complexity index is 574. The summed E-state index contributed by atoms with van der Waals surface area (Å²) in [7, 11) is 0. The van der Waals surface area contributed by atoms with Crippen molar-refractivity contribution in [3.63, 3.8) is 0 Å². The van der Waals surface area contributed by atoms with Gasteiger partial charge in [-0.3, -0.25) is 4.79 Å². The van der Waals surface area contributed by atoms with E-state index in [2.05, 4.69) is 5.10 Å². The van der Waals surface area contributed by atoms with E-state index in [0.29, 0.717) is 0 Å². The van der Waals surface area contributed by atoms with Crippen molar-refractivity contribution in [2.45, 2.75) is 31.3 Å². The molecular formula is C13H13F3N2O3. The summed E-state index contributed by atoms with van der Waals surface area (Å²) in [6, 6.07) is 7.47. The lowest BCUT2D eigenvalue weighted by Gasteiger charge is -2.33. The highest BCUT2D eigenvalue weighted by molar-refractivity contribution is 5.90. The Balaban J connectivity index is 2.33. The highest BCUT2D eigenvalue weighted by atomic mass is 19.4. The number of halogens is 3. The lowest BCUT2D eigenvalue weighted by molar-refractivity contribution is -0.303. The van der Waals surface area contributed by atoms with Crippen LogP contribution in [0.3, 0.4) is 0 Å². The van der Waals surface area contributed by atoms with Gasteiger partial charge in [-0.1, -0.05) is 30.3 Å². The van der Waals surface area contributed by atoms with Crippen LogP contribution in [-0.2, 0) is 4.79 Å². The van der Waals surface area contributed by atoms with Gasteiger partial charge in [0.2, 0.25) is 0 Å². The molecule has 2 unspecified atom stereocenters. The van der Waals surface area contributed by atoms with Gasteiger partial charge >= 0.3 is 6.18 Å². The average molecular weight is 302 g/mol. The molecule has 2 rings (SSSR count). The molecule has 2 N–H and O–H groups in total. The van der Waals surface area contributed by atoms with E-state index < -0.39 is 30.3 Å². The molecule has 0 aromatic heterocycles. The highest BCUT2D eigenvalue weighted by Gasteiger charge is 2.63. The average Bonchev–Trinajstić information content (AvgIpc) is 2.74. The monoisotopic (exact) mass is 302 g/mol. The summed E-state index contributed by atoms with van der Waals surface area (Å²) in [5, 5.41) is 23.0. The fraction of sp³-hybridized carbons (Fsp3) is 0.385. The van der Waals surface area contributed by atoms with Crippen LogP contribution in [0.15, 0.2) is 35.4 Å². The Labute approximate surface area is 118 Å². The van der Waals surface area contributed by atoms with E-state index in [0.717, 1.165) is 0 Å². The Hall–Kier alpha value is -1.93. The summed E-state index contributed by atoms with van der Waals surface area (Å²) in [4.78, 5) is 12.1. The molecule has 0 fully saturated rings. The number of amides is 1. The van der Waals surface area contributed by atoms with E-state index in [1.165, 1.54) is 31.2 Å². The zero-order valence-corrected chi connectivity index (χ0v) is 11.0. The van der Waals surface area contributed by atoms with Crippen LogP contribution < -0.4 is 0 Å². The van der Waals surface area contributed by atoms with Crippen molar-refractivity contribution >= 4 is 11.6 Å². The molecular weight excluding hydrogens is 289 g/mol. The maximum Gasteiger partial charge on any atom is 0.438 e. The van der Waals surface area contributed by atoms with Crippen LogP contribution in [0.1, 0.15) is 25.0 Å². The minimum atomic E-state index is -5.08. The second-order valence-electron chi connectivity index (χ2n) is 4.79. The van der Waals surface area contributed by atoms with Gasteiger partial charge in [-0.05, 0) is 12.5 Å². The molecule has 21 heavy (non-hydrogen) atoms. The summed E-state index contributed by atoms with van der Waals surface area (Å²) in [5.74, 6) is -1.34. The van der Waals surface area contributed by atoms with Crippen LogP contribution in [0.5, 0.6) is 0 Å². The maximum atomic E-state index is 13.0. The van der Waals surface area contributed by atoms with E-state index in [9.17, 15) is 28.2 Å². The second kappa shape index (κ2) is 5.12. The SMILES string of the molecule is CC1=NN(C(=O)C(O)c2ccccc2)C(O)(C(F)(F)F)C1. The van der Waals surface area contributed by atoms with Crippen LogP contribution in [0.4, 0.5) is 13.2 Å². The van der Waals surface area contributed by atoms with Crippen LogP contribution in [0.2, 0.25) is 0 Å². The molecule has 1 aromatic rings. The van der Waals surface area contributed by atoms with E-state index in [1.807, 2.05) is 0 Å². The minimum Gasteiger partial charge on any atom is -0.378 e. The summed E-state index contributed by atoms with van der Waals surface area (Å²) in [6.07, 6.45) is -7.76. The number of nitrogens with zero attached hydrogens (tertiary/aromatic N) is 2. The number of aliphatic hydroxyl groups excluding tert-OH is 1. The normalized spacial score (nSPS) is 23.9. The van der Waals surface area contributed by atoms with Gasteiger partial charge in [-0.2, -0.15) is 23.3 Å². The first-order chi connectivity index (χ1) is 9.67. The number of carbonyl (C=O) groups excluding carboxylic acids is 1. The molecule has 1 aliphatic heterocycles. The van der Waals surface area contributed by atoms with Crippen molar-refractivity contribution < 1.29 is 28.2 Å². The van der Waals surface area contributed by atoms with Crippen molar-refractivity contribution in [3.8, 4) is 0 Å². The summed E-state index contributed by atoms with van der Waals surface area (Å²) in [6.45, 7) is 1.26. The second-order valence-corrected chi connectivity index (χ2v) is 4.79. The van der Waals surface area contributed by atoms with Gasteiger partial charge in [-0.25, -0.2) is 0 Å². The fourth-order valence-corrected chi connectivity index (χ4v) is 2.07. The van der Waals surface area contributed by atoms with Crippen LogP contribution >= 0.6 is 0 Å². The fourth-order valence-electron chi connectivity index (χ4n) is 2.07. The molecule has 8 heteroatoms. The number of alkyl halides is 3. The first-order valence-corrected chi connectivity index (χ1v) is 6.07. The number of hydrogen-bond donors (Lipinski definition) is 2. The summed E-state index contributed by atoms with van der Waals surface area (Å²) < 4.78 is 39.0. The molecule has 0 spiro atoms. The number of hydrogen-bond acceptors (Lipinski definition) is 4. The third kappa shape index (κ3) is 2.64. The van der Waals surface area contributed by atoms with Gasteiger partial charge in [0.1, 0.15) is 0 Å². The van der Waals surface area contributed by atoms with Gasteiger partial charge in [0.25, 0.3) is 11.6 Å². The third-order valence-corrected chi connectivity index (χ3v) is 3.14. The van der Waals surface area contributed by atoms with E-state index in [1.54, 1.807) is 6.07 Å². The van der Waals surface area contributed by atoms with Gasteiger partial charge in [-0.15, -0.1) is 0 Å². The number of aliphatic hydroxyl groups is 2. The first kappa shape index (κ1) is 15.5. The van der Waals surface area contributed by atoms with Gasteiger partial charge in [0.15, 0.2) is 6.10 Å². The quantitative estimate of drug-likeness (QED) is 0.871. The lowest BCUT2D eigenvalue weighted by Crippen LogP contribution is -2.57. The maximum absolute atomic E-state index is 13.0. The molecule has 114 valence electrons. The molecule has 1 amide bonds. The first-order valence-electron chi connectivity index (χ1n) is 6.07. The smallest absolute Gasteiger partial charge is 0.378 e. The topological polar surface area (TPSA) is 73.1 Å².